The first-order valence-electron chi connectivity index (χ1n) is 11.4. The largest absolute Gasteiger partial charge is 0.481 e. The summed E-state index contributed by atoms with van der Waals surface area (Å²) in [6, 6.07) is 6.66. The maximum absolute atomic E-state index is 13.6. The molecule has 0 spiro atoms. The molecule has 2 aliphatic heterocycles. The minimum atomic E-state index is -4.98. The third-order valence-corrected chi connectivity index (χ3v) is 7.05. The maximum atomic E-state index is 13.6. The summed E-state index contributed by atoms with van der Waals surface area (Å²) in [7, 11) is 0. The fourth-order valence-electron chi connectivity index (χ4n) is 5.27. The molecule has 2 aliphatic rings. The molecule has 0 radical (unpaired) electrons. The lowest BCUT2D eigenvalue weighted by Crippen LogP contribution is -2.42. The van der Waals surface area contributed by atoms with Crippen molar-refractivity contribution in [3.8, 4) is 0 Å². The van der Waals surface area contributed by atoms with Gasteiger partial charge in [0.05, 0.1) is 29.3 Å². The van der Waals surface area contributed by atoms with Crippen molar-refractivity contribution in [3.05, 3.63) is 70.5 Å². The molecule has 11 heteroatoms. The molecule has 36 heavy (non-hydrogen) atoms. The Morgan fingerprint density at radius 1 is 1.03 bits per heavy atom. The van der Waals surface area contributed by atoms with Gasteiger partial charge >= 0.3 is 18.3 Å². The molecule has 2 heterocycles. The van der Waals surface area contributed by atoms with Gasteiger partial charge in [-0.1, -0.05) is 12.1 Å². The van der Waals surface area contributed by atoms with Crippen LogP contribution in [0.15, 0.2) is 42.5 Å². The van der Waals surface area contributed by atoms with Crippen molar-refractivity contribution < 1.29 is 45.4 Å². The number of carbonyl (C=O) groups is 1. The van der Waals surface area contributed by atoms with Crippen LogP contribution in [0.1, 0.15) is 54.0 Å². The Hall–Kier alpha value is -2.66. The molecule has 196 valence electrons. The van der Waals surface area contributed by atoms with Crippen LogP contribution in [-0.4, -0.2) is 41.2 Å². The van der Waals surface area contributed by atoms with E-state index in [4.69, 9.17) is 4.74 Å². The molecule has 4 nitrogen and oxygen atoms in total. The number of benzene rings is 2. The van der Waals surface area contributed by atoms with Crippen LogP contribution in [-0.2, 0) is 21.9 Å². The van der Waals surface area contributed by atoms with Crippen molar-refractivity contribution in [2.75, 3.05) is 13.1 Å². The molecule has 5 atom stereocenters. The van der Waals surface area contributed by atoms with Crippen molar-refractivity contribution in [1.82, 2.24) is 4.90 Å². The molecule has 2 fully saturated rings. The summed E-state index contributed by atoms with van der Waals surface area (Å²) >= 11 is 0. The monoisotopic (exact) mass is 519 g/mol. The van der Waals surface area contributed by atoms with E-state index in [-0.39, 0.29) is 17.7 Å². The lowest BCUT2D eigenvalue weighted by molar-refractivity contribution is -0.144. The standard InChI is InChI=1S/C25H24F7NO3/c1-13(16-8-17(24(27,28)29)11-18(9-16)25(30,31)32)36-21-12-33-7-6-15(23(34)35)10-20(33)22(21)14-2-4-19(26)5-3-14/h2-5,8-9,11,13,15,20-22H,6-7,10,12H2,1H3,(H,34,35)/t13-,15?,20+,21+,22+/m1/s1. The van der Waals surface area contributed by atoms with Crippen molar-refractivity contribution in [1.29, 1.82) is 0 Å². The average Bonchev–Trinajstić information content (AvgIpc) is 3.15. The van der Waals surface area contributed by atoms with Gasteiger partial charge < -0.3 is 9.84 Å². The topological polar surface area (TPSA) is 49.8 Å². The highest BCUT2D eigenvalue weighted by atomic mass is 19.4. The van der Waals surface area contributed by atoms with Gasteiger partial charge in [0.15, 0.2) is 0 Å². The van der Waals surface area contributed by atoms with E-state index in [0.29, 0.717) is 43.6 Å². The van der Waals surface area contributed by atoms with Crippen molar-refractivity contribution in [3.63, 3.8) is 0 Å². The minimum Gasteiger partial charge on any atom is -0.481 e. The summed E-state index contributed by atoms with van der Waals surface area (Å²) in [6.45, 7) is 2.15. The van der Waals surface area contributed by atoms with Crippen LogP contribution in [0.4, 0.5) is 30.7 Å². The molecule has 0 bridgehead atoms. The SMILES string of the molecule is C[C@@H](O[C@H]1CN2CCC(C(=O)O)C[C@H]2[C@@H]1c1ccc(F)cc1)c1cc(C(F)(F)F)cc(C(F)(F)F)c1. The number of nitrogens with zero attached hydrogens (tertiary/aromatic N) is 1. The van der Waals surface area contributed by atoms with Crippen LogP contribution in [0.25, 0.3) is 0 Å². The second kappa shape index (κ2) is 9.66. The Kier molecular flexibility index (Phi) is 7.09. The first-order valence-corrected chi connectivity index (χ1v) is 11.4. The molecule has 2 aromatic rings. The van der Waals surface area contributed by atoms with E-state index in [1.54, 1.807) is 12.1 Å². The van der Waals surface area contributed by atoms with E-state index < -0.39 is 59.3 Å². The molecule has 2 saturated heterocycles. The van der Waals surface area contributed by atoms with Gasteiger partial charge in [-0.3, -0.25) is 9.69 Å². The zero-order valence-corrected chi connectivity index (χ0v) is 19.1. The number of aliphatic carboxylic acids is 1. The molecular weight excluding hydrogens is 495 g/mol. The molecule has 2 aromatic carbocycles. The summed E-state index contributed by atoms with van der Waals surface area (Å²) < 4.78 is 99.6. The van der Waals surface area contributed by atoms with Gasteiger partial charge in [0.2, 0.25) is 0 Å². The van der Waals surface area contributed by atoms with Crippen molar-refractivity contribution in [2.24, 2.45) is 5.92 Å². The van der Waals surface area contributed by atoms with E-state index in [9.17, 15) is 40.6 Å². The maximum Gasteiger partial charge on any atom is 0.416 e. The van der Waals surface area contributed by atoms with Gasteiger partial charge in [-0.25, -0.2) is 4.39 Å². The molecule has 0 aliphatic carbocycles. The summed E-state index contributed by atoms with van der Waals surface area (Å²) in [6.07, 6.45) is -11.0. The fourth-order valence-corrected chi connectivity index (χ4v) is 5.27. The number of carboxylic acid groups (broad SMARTS) is 1. The van der Waals surface area contributed by atoms with Crippen LogP contribution < -0.4 is 0 Å². The highest BCUT2D eigenvalue weighted by Gasteiger charge is 2.48. The zero-order valence-electron chi connectivity index (χ0n) is 19.1. The number of hydrogen-bond donors (Lipinski definition) is 1. The molecule has 0 amide bonds. The Balaban J connectivity index is 1.66. The summed E-state index contributed by atoms with van der Waals surface area (Å²) in [5.74, 6) is -2.45. The normalized spacial score (nSPS) is 26.0. The highest BCUT2D eigenvalue weighted by molar-refractivity contribution is 5.70. The number of hydrogen-bond acceptors (Lipinski definition) is 3. The first kappa shape index (κ1) is 26.4. The smallest absolute Gasteiger partial charge is 0.416 e. The molecule has 1 N–H and O–H groups in total. The van der Waals surface area contributed by atoms with E-state index >= 15 is 0 Å². The molecule has 1 unspecified atom stereocenters. The van der Waals surface area contributed by atoms with Crippen LogP contribution in [0.3, 0.4) is 0 Å². The third kappa shape index (κ3) is 5.51. The average molecular weight is 519 g/mol. The second-order valence-electron chi connectivity index (χ2n) is 9.36. The van der Waals surface area contributed by atoms with E-state index in [2.05, 4.69) is 0 Å². The van der Waals surface area contributed by atoms with Crippen LogP contribution in [0, 0.1) is 11.7 Å². The van der Waals surface area contributed by atoms with Crippen LogP contribution in [0.2, 0.25) is 0 Å². The van der Waals surface area contributed by atoms with Gasteiger partial charge in [-0.05, 0) is 67.8 Å². The van der Waals surface area contributed by atoms with Crippen molar-refractivity contribution >= 4 is 5.97 Å². The zero-order chi connectivity index (χ0) is 26.4. The van der Waals surface area contributed by atoms with Gasteiger partial charge in [0.1, 0.15) is 5.82 Å². The van der Waals surface area contributed by atoms with Gasteiger partial charge in [-0.15, -0.1) is 0 Å². The molecule has 4 rings (SSSR count). The van der Waals surface area contributed by atoms with Crippen molar-refractivity contribution in [2.45, 2.75) is 56.3 Å². The van der Waals surface area contributed by atoms with E-state index in [1.807, 2.05) is 4.90 Å². The fraction of sp³-hybridized carbons (Fsp3) is 0.480. The van der Waals surface area contributed by atoms with E-state index in [1.165, 1.54) is 19.1 Å². The lowest BCUT2D eigenvalue weighted by Gasteiger charge is -2.35. The van der Waals surface area contributed by atoms with Crippen LogP contribution >= 0.6 is 0 Å². The number of carboxylic acids is 1. The van der Waals surface area contributed by atoms with Gasteiger partial charge in [0, 0.05) is 18.5 Å². The Bertz CT molecular complexity index is 1070. The highest BCUT2D eigenvalue weighted by Crippen LogP contribution is 2.44. The predicted octanol–water partition coefficient (Wildman–Crippen LogP) is 6.27. The first-order chi connectivity index (χ1) is 16.7. The molecule has 0 saturated carbocycles. The third-order valence-electron chi connectivity index (χ3n) is 7.05. The Morgan fingerprint density at radius 3 is 2.14 bits per heavy atom. The van der Waals surface area contributed by atoms with Crippen LogP contribution in [0.5, 0.6) is 0 Å². The number of piperidine rings is 1. The number of ether oxygens (including phenoxy) is 1. The number of alkyl halides is 6. The second-order valence-corrected chi connectivity index (χ2v) is 9.36. The lowest BCUT2D eigenvalue weighted by atomic mass is 9.82. The number of halogens is 7. The summed E-state index contributed by atoms with van der Waals surface area (Å²) in [4.78, 5) is 13.6. The minimum absolute atomic E-state index is 0.0689. The number of fused-ring (bicyclic) bond motifs is 1. The Morgan fingerprint density at radius 2 is 1.61 bits per heavy atom. The van der Waals surface area contributed by atoms with E-state index in [0.717, 1.165) is 0 Å². The predicted molar refractivity (Wildman–Crippen MR) is 115 cm³/mol. The Labute approximate surface area is 202 Å². The number of rotatable bonds is 5. The van der Waals surface area contributed by atoms with Gasteiger partial charge in [-0.2, -0.15) is 26.3 Å². The molecule has 0 aromatic heterocycles. The summed E-state index contributed by atoms with van der Waals surface area (Å²) in [5, 5.41) is 9.51. The molecular formula is C25H24F7NO3. The van der Waals surface area contributed by atoms with Gasteiger partial charge in [0.25, 0.3) is 0 Å². The quantitative estimate of drug-likeness (QED) is 0.473. The summed E-state index contributed by atoms with van der Waals surface area (Å²) in [5.41, 5.74) is -2.47.